The first-order valence-corrected chi connectivity index (χ1v) is 6.35. The van der Waals surface area contributed by atoms with E-state index in [0.29, 0.717) is 28.3 Å². The van der Waals surface area contributed by atoms with Gasteiger partial charge in [0.1, 0.15) is 0 Å². The zero-order valence-corrected chi connectivity index (χ0v) is 10.7. The Balaban J connectivity index is 2.10. The van der Waals surface area contributed by atoms with Crippen LogP contribution in [0.15, 0.2) is 24.3 Å². The van der Waals surface area contributed by atoms with Gasteiger partial charge in [-0.25, -0.2) is 0 Å². The number of aromatic amines is 1. The van der Waals surface area contributed by atoms with Crippen molar-refractivity contribution in [3.05, 3.63) is 41.1 Å². The maximum Gasteiger partial charge on any atom is 0.249 e. The van der Waals surface area contributed by atoms with E-state index in [9.17, 15) is 9.59 Å². The van der Waals surface area contributed by atoms with Gasteiger partial charge in [0.05, 0.1) is 5.69 Å². The molecule has 0 radical (unpaired) electrons. The van der Waals surface area contributed by atoms with Crippen LogP contribution in [0.5, 0.6) is 0 Å². The quantitative estimate of drug-likeness (QED) is 0.774. The van der Waals surface area contributed by atoms with Crippen LogP contribution >= 0.6 is 0 Å². The highest BCUT2D eigenvalue weighted by Crippen LogP contribution is 2.40. The summed E-state index contributed by atoms with van der Waals surface area (Å²) in [6, 6.07) is 6.43. The lowest BCUT2D eigenvalue weighted by Crippen LogP contribution is -2.15. The van der Waals surface area contributed by atoms with E-state index in [2.05, 4.69) is 10.2 Å². The maximum atomic E-state index is 11.5. The number of carbonyl (C=O) groups excluding carboxylic acids is 2. The van der Waals surface area contributed by atoms with E-state index < -0.39 is 11.8 Å². The van der Waals surface area contributed by atoms with Crippen molar-refractivity contribution in [1.82, 2.24) is 10.2 Å². The zero-order valence-electron chi connectivity index (χ0n) is 10.7. The molecule has 1 heterocycles. The molecule has 0 unspecified atom stereocenters. The highest BCUT2D eigenvalue weighted by molar-refractivity contribution is 6.02. The van der Waals surface area contributed by atoms with Crippen LogP contribution < -0.4 is 11.5 Å². The molecule has 102 valence electrons. The fraction of sp³-hybridized carbons (Fsp3) is 0.214. The first-order chi connectivity index (χ1) is 9.56. The van der Waals surface area contributed by atoms with Crippen molar-refractivity contribution in [3.8, 4) is 11.3 Å². The summed E-state index contributed by atoms with van der Waals surface area (Å²) >= 11 is 0. The molecule has 0 saturated heterocycles. The van der Waals surface area contributed by atoms with Crippen LogP contribution in [0.3, 0.4) is 0 Å². The molecule has 2 amide bonds. The van der Waals surface area contributed by atoms with Crippen LogP contribution in [0, 0.1) is 0 Å². The van der Waals surface area contributed by atoms with Crippen molar-refractivity contribution >= 4 is 11.8 Å². The van der Waals surface area contributed by atoms with E-state index in [0.717, 1.165) is 18.5 Å². The molecule has 1 aliphatic carbocycles. The number of hydrogen-bond acceptors (Lipinski definition) is 3. The SMILES string of the molecule is NC(=O)c1ccc(C(N)=O)c(-c2cc(C3CC3)[nH]n2)c1. The molecule has 1 aliphatic rings. The number of benzene rings is 1. The summed E-state index contributed by atoms with van der Waals surface area (Å²) < 4.78 is 0. The molecule has 6 nitrogen and oxygen atoms in total. The summed E-state index contributed by atoms with van der Waals surface area (Å²) in [5.74, 6) is -0.597. The summed E-state index contributed by atoms with van der Waals surface area (Å²) in [7, 11) is 0. The van der Waals surface area contributed by atoms with E-state index in [4.69, 9.17) is 11.5 Å². The predicted octanol–water partition coefficient (Wildman–Crippen LogP) is 1.15. The number of amides is 2. The van der Waals surface area contributed by atoms with Crippen molar-refractivity contribution < 1.29 is 9.59 Å². The molecule has 0 atom stereocenters. The van der Waals surface area contributed by atoms with Gasteiger partial charge in [-0.05, 0) is 37.1 Å². The van der Waals surface area contributed by atoms with E-state index in [1.165, 1.54) is 12.1 Å². The van der Waals surface area contributed by atoms with Gasteiger partial charge in [0.25, 0.3) is 0 Å². The van der Waals surface area contributed by atoms with Crippen molar-refractivity contribution in [2.24, 2.45) is 11.5 Å². The van der Waals surface area contributed by atoms with Crippen molar-refractivity contribution in [2.45, 2.75) is 18.8 Å². The molecule has 0 bridgehead atoms. The lowest BCUT2D eigenvalue weighted by atomic mass is 10.00. The average Bonchev–Trinajstić information content (AvgIpc) is 3.15. The summed E-state index contributed by atoms with van der Waals surface area (Å²) in [5, 5.41) is 7.17. The number of nitrogens with zero attached hydrogens (tertiary/aromatic N) is 1. The number of aromatic nitrogens is 2. The smallest absolute Gasteiger partial charge is 0.249 e. The third-order valence-corrected chi connectivity index (χ3v) is 3.46. The highest BCUT2D eigenvalue weighted by Gasteiger charge is 2.26. The zero-order chi connectivity index (χ0) is 14.3. The molecule has 0 spiro atoms. The van der Waals surface area contributed by atoms with Gasteiger partial charge in [-0.2, -0.15) is 5.10 Å². The molecule has 2 aromatic rings. The largest absolute Gasteiger partial charge is 0.366 e. The predicted molar refractivity (Wildman–Crippen MR) is 73.0 cm³/mol. The Hall–Kier alpha value is -2.63. The lowest BCUT2D eigenvalue weighted by molar-refractivity contribution is 0.0988. The number of nitrogens with two attached hydrogens (primary N) is 2. The Morgan fingerprint density at radius 2 is 1.90 bits per heavy atom. The van der Waals surface area contributed by atoms with Crippen LogP contribution in [0.1, 0.15) is 45.2 Å². The number of carbonyl (C=O) groups is 2. The Morgan fingerprint density at radius 1 is 1.15 bits per heavy atom. The first kappa shape index (κ1) is 12.4. The molecular weight excluding hydrogens is 256 g/mol. The lowest BCUT2D eigenvalue weighted by Gasteiger charge is -2.05. The van der Waals surface area contributed by atoms with E-state index in [1.54, 1.807) is 6.07 Å². The van der Waals surface area contributed by atoms with E-state index in [1.807, 2.05) is 6.07 Å². The summed E-state index contributed by atoms with van der Waals surface area (Å²) in [6.45, 7) is 0. The highest BCUT2D eigenvalue weighted by atomic mass is 16.1. The monoisotopic (exact) mass is 270 g/mol. The van der Waals surface area contributed by atoms with Crippen LogP contribution in [-0.4, -0.2) is 22.0 Å². The standard InChI is InChI=1S/C14H14N4O2/c15-13(19)8-3-4-9(14(16)20)10(5-8)12-6-11(17-18-12)7-1-2-7/h3-7H,1-2H2,(H2,15,19)(H2,16,20)(H,17,18). The number of nitrogens with one attached hydrogen (secondary N) is 1. The average molecular weight is 270 g/mol. The van der Waals surface area contributed by atoms with Crippen molar-refractivity contribution in [2.75, 3.05) is 0 Å². The fourth-order valence-electron chi connectivity index (χ4n) is 2.20. The second kappa shape index (κ2) is 4.48. The van der Waals surface area contributed by atoms with Gasteiger partial charge in [-0.1, -0.05) is 0 Å². The van der Waals surface area contributed by atoms with Crippen LogP contribution in [0.4, 0.5) is 0 Å². The number of primary amides is 2. The van der Waals surface area contributed by atoms with Gasteiger partial charge < -0.3 is 11.5 Å². The van der Waals surface area contributed by atoms with Gasteiger partial charge in [-0.3, -0.25) is 14.7 Å². The van der Waals surface area contributed by atoms with Gasteiger partial charge in [0.15, 0.2) is 0 Å². The van der Waals surface area contributed by atoms with Crippen LogP contribution in [-0.2, 0) is 0 Å². The van der Waals surface area contributed by atoms with Gasteiger partial charge in [0.2, 0.25) is 11.8 Å². The Kier molecular flexibility index (Phi) is 2.78. The normalized spacial score (nSPS) is 14.2. The summed E-state index contributed by atoms with van der Waals surface area (Å²) in [4.78, 5) is 22.8. The number of rotatable bonds is 4. The molecular formula is C14H14N4O2. The molecule has 6 heteroatoms. The Bertz CT molecular complexity index is 701. The minimum Gasteiger partial charge on any atom is -0.366 e. The summed E-state index contributed by atoms with van der Waals surface area (Å²) in [5.41, 5.74) is 13.4. The molecule has 1 fully saturated rings. The van der Waals surface area contributed by atoms with Gasteiger partial charge >= 0.3 is 0 Å². The van der Waals surface area contributed by atoms with Crippen molar-refractivity contribution in [3.63, 3.8) is 0 Å². The van der Waals surface area contributed by atoms with Gasteiger partial charge in [0, 0.05) is 28.3 Å². The third-order valence-electron chi connectivity index (χ3n) is 3.46. The third kappa shape index (κ3) is 2.16. The topological polar surface area (TPSA) is 115 Å². The number of H-pyrrole nitrogens is 1. The second-order valence-corrected chi connectivity index (χ2v) is 4.97. The van der Waals surface area contributed by atoms with Crippen LogP contribution in [0.25, 0.3) is 11.3 Å². The minimum atomic E-state index is -0.563. The Labute approximate surface area is 115 Å². The van der Waals surface area contributed by atoms with E-state index in [-0.39, 0.29) is 0 Å². The van der Waals surface area contributed by atoms with Crippen LogP contribution in [0.2, 0.25) is 0 Å². The van der Waals surface area contributed by atoms with Gasteiger partial charge in [-0.15, -0.1) is 0 Å². The molecule has 1 saturated carbocycles. The van der Waals surface area contributed by atoms with Crippen molar-refractivity contribution in [1.29, 1.82) is 0 Å². The Morgan fingerprint density at radius 3 is 2.50 bits per heavy atom. The summed E-state index contributed by atoms with van der Waals surface area (Å²) in [6.07, 6.45) is 2.29. The fourth-order valence-corrected chi connectivity index (χ4v) is 2.20. The maximum absolute atomic E-state index is 11.5. The number of hydrogen-bond donors (Lipinski definition) is 3. The molecule has 5 N–H and O–H groups in total. The molecule has 1 aromatic carbocycles. The second-order valence-electron chi connectivity index (χ2n) is 4.97. The molecule has 20 heavy (non-hydrogen) atoms. The molecule has 1 aromatic heterocycles. The minimum absolute atomic E-state index is 0.320. The molecule has 3 rings (SSSR count). The molecule has 0 aliphatic heterocycles. The van der Waals surface area contributed by atoms with E-state index >= 15 is 0 Å². The first-order valence-electron chi connectivity index (χ1n) is 6.35.